The van der Waals surface area contributed by atoms with Crippen LogP contribution in [0.1, 0.15) is 46.7 Å². The van der Waals surface area contributed by atoms with Crippen LogP contribution in [0.2, 0.25) is 0 Å². The van der Waals surface area contributed by atoms with E-state index in [2.05, 4.69) is 10.3 Å². The van der Waals surface area contributed by atoms with E-state index >= 15 is 0 Å². The lowest BCUT2D eigenvalue weighted by Gasteiger charge is -2.39. The van der Waals surface area contributed by atoms with Gasteiger partial charge in [-0.2, -0.15) is 0 Å². The van der Waals surface area contributed by atoms with Crippen molar-refractivity contribution < 1.29 is 42.0 Å². The Hall–Kier alpha value is -2.33. The lowest BCUT2D eigenvalue weighted by molar-refractivity contribution is -0.163. The lowest BCUT2D eigenvalue weighted by Crippen LogP contribution is -2.50. The molecule has 1 amide bonds. The van der Waals surface area contributed by atoms with Gasteiger partial charge in [-0.05, 0) is 32.9 Å². The van der Waals surface area contributed by atoms with Crippen LogP contribution >= 0.6 is 7.82 Å². The number of aromatic nitrogens is 1. The van der Waals surface area contributed by atoms with Crippen LogP contribution in [0.25, 0.3) is 0 Å². The molecule has 1 aromatic rings. The zero-order chi connectivity index (χ0) is 25.4. The Morgan fingerprint density at radius 1 is 1.24 bits per heavy atom. The molecule has 1 saturated heterocycles. The average Bonchev–Trinajstić information content (AvgIpc) is 2.75. The normalized spacial score (nSPS) is 22.0. The smallest absolute Gasteiger partial charge is 0.465 e. The van der Waals surface area contributed by atoms with Crippen LogP contribution in [0.3, 0.4) is 0 Å². The number of pyridine rings is 1. The first-order chi connectivity index (χ1) is 15.8. The van der Waals surface area contributed by atoms with Gasteiger partial charge < -0.3 is 14.8 Å². The molecule has 0 spiro atoms. The van der Waals surface area contributed by atoms with Gasteiger partial charge in [0.05, 0.1) is 25.0 Å². The molecule has 190 valence electrons. The SMILES string of the molecule is CC(C)(C)C(=O)OCO[P@@]1(=O)OCC(C)(C)[C@H](C(=O)NCCC(=O)OCCc2ccccn2)O1. The number of hydrogen-bond donors (Lipinski definition) is 1. The molecule has 0 unspecified atom stereocenters. The van der Waals surface area contributed by atoms with Crippen LogP contribution in [0.15, 0.2) is 24.4 Å². The van der Waals surface area contributed by atoms with Gasteiger partial charge >= 0.3 is 19.8 Å². The Bertz CT molecular complexity index is 899. The fraction of sp³-hybridized carbons (Fsp3) is 0.636. The summed E-state index contributed by atoms with van der Waals surface area (Å²) in [7, 11) is -4.14. The van der Waals surface area contributed by atoms with E-state index in [0.717, 1.165) is 5.69 Å². The highest BCUT2D eigenvalue weighted by molar-refractivity contribution is 7.48. The third kappa shape index (κ3) is 8.79. The number of nitrogens with zero attached hydrogens (tertiary/aromatic N) is 1. The van der Waals surface area contributed by atoms with Crippen molar-refractivity contribution in [3.8, 4) is 0 Å². The molecule has 0 saturated carbocycles. The van der Waals surface area contributed by atoms with Gasteiger partial charge in [0.25, 0.3) is 0 Å². The predicted octanol–water partition coefficient (Wildman–Crippen LogP) is 2.79. The van der Waals surface area contributed by atoms with Gasteiger partial charge in [-0.1, -0.05) is 19.9 Å². The van der Waals surface area contributed by atoms with Crippen molar-refractivity contribution in [3.63, 3.8) is 0 Å². The van der Waals surface area contributed by atoms with E-state index in [-0.39, 0.29) is 26.2 Å². The maximum Gasteiger partial charge on any atom is 0.478 e. The molecule has 1 aromatic heterocycles. The molecule has 2 rings (SSSR count). The summed E-state index contributed by atoms with van der Waals surface area (Å²) in [5.74, 6) is -1.61. The minimum atomic E-state index is -4.14. The second-order valence-electron chi connectivity index (χ2n) is 9.46. The van der Waals surface area contributed by atoms with Crippen molar-refractivity contribution in [2.45, 2.75) is 53.6 Å². The van der Waals surface area contributed by atoms with E-state index in [4.69, 9.17) is 23.0 Å². The Kier molecular flexibility index (Phi) is 9.75. The van der Waals surface area contributed by atoms with Crippen LogP contribution in [-0.2, 0) is 48.4 Å². The lowest BCUT2D eigenvalue weighted by atomic mass is 9.87. The summed E-state index contributed by atoms with van der Waals surface area (Å²) >= 11 is 0. The molecule has 1 aliphatic heterocycles. The summed E-state index contributed by atoms with van der Waals surface area (Å²) in [4.78, 5) is 40.6. The molecule has 0 radical (unpaired) electrons. The minimum Gasteiger partial charge on any atom is -0.465 e. The Balaban J connectivity index is 1.78. The average molecular weight is 500 g/mol. The second-order valence-corrected chi connectivity index (χ2v) is 11.1. The first-order valence-corrected chi connectivity index (χ1v) is 12.4. The van der Waals surface area contributed by atoms with Gasteiger partial charge in [0.1, 0.15) is 0 Å². The number of carbonyl (C=O) groups is 3. The summed E-state index contributed by atoms with van der Waals surface area (Å²) in [6, 6.07) is 5.48. The number of phosphoric acid groups is 1. The number of nitrogens with one attached hydrogen (secondary N) is 1. The molecule has 0 aromatic carbocycles. The highest BCUT2D eigenvalue weighted by Gasteiger charge is 2.49. The largest absolute Gasteiger partial charge is 0.478 e. The minimum absolute atomic E-state index is 0.00635. The van der Waals surface area contributed by atoms with Crippen molar-refractivity contribution in [1.29, 1.82) is 0 Å². The summed E-state index contributed by atoms with van der Waals surface area (Å²) in [5, 5.41) is 2.58. The standard InChI is InChI=1S/C22H33N2O9P/c1-21(2,3)20(27)30-15-32-34(28)31-14-22(4,5)18(33-34)19(26)24-12-9-17(25)29-13-10-16-8-6-7-11-23-16/h6-8,11,18H,9-10,12-15H2,1-5H3,(H,24,26)/t18-,34+/m0/s1. The first-order valence-electron chi connectivity index (χ1n) is 10.9. The summed E-state index contributed by atoms with van der Waals surface area (Å²) in [6.45, 7) is 7.82. The van der Waals surface area contributed by atoms with Crippen LogP contribution in [0, 0.1) is 10.8 Å². The molecule has 2 heterocycles. The molecule has 0 aliphatic carbocycles. The molecule has 0 bridgehead atoms. The Morgan fingerprint density at radius 3 is 2.62 bits per heavy atom. The van der Waals surface area contributed by atoms with Crippen LogP contribution < -0.4 is 5.32 Å². The summed E-state index contributed by atoms with van der Waals surface area (Å²) < 4.78 is 38.5. The van der Waals surface area contributed by atoms with Crippen LogP contribution in [-0.4, -0.2) is 55.5 Å². The number of esters is 2. The van der Waals surface area contributed by atoms with Crippen molar-refractivity contribution in [2.24, 2.45) is 10.8 Å². The van der Waals surface area contributed by atoms with Gasteiger partial charge in [-0.25, -0.2) is 9.09 Å². The van der Waals surface area contributed by atoms with Gasteiger partial charge in [0.15, 0.2) is 6.10 Å². The van der Waals surface area contributed by atoms with Crippen molar-refractivity contribution in [1.82, 2.24) is 10.3 Å². The number of amides is 1. The molecule has 1 fully saturated rings. The maximum absolute atomic E-state index is 12.8. The number of hydrogen-bond acceptors (Lipinski definition) is 10. The highest BCUT2D eigenvalue weighted by Crippen LogP contribution is 2.57. The van der Waals surface area contributed by atoms with Gasteiger partial charge in [-0.3, -0.25) is 28.4 Å². The zero-order valence-corrected chi connectivity index (χ0v) is 21.1. The zero-order valence-electron chi connectivity index (χ0n) is 20.2. The first kappa shape index (κ1) is 27.9. The van der Waals surface area contributed by atoms with Crippen molar-refractivity contribution >= 4 is 25.7 Å². The number of rotatable bonds is 10. The van der Waals surface area contributed by atoms with E-state index in [1.165, 1.54) is 0 Å². The molecular weight excluding hydrogens is 467 g/mol. The third-order valence-corrected chi connectivity index (χ3v) is 6.10. The van der Waals surface area contributed by atoms with Crippen LogP contribution in [0.5, 0.6) is 0 Å². The number of ether oxygens (including phenoxy) is 2. The van der Waals surface area contributed by atoms with Gasteiger partial charge in [0.2, 0.25) is 12.7 Å². The molecule has 1 N–H and O–H groups in total. The second kappa shape index (κ2) is 11.9. The molecule has 2 atom stereocenters. The van der Waals surface area contributed by atoms with Crippen LogP contribution in [0.4, 0.5) is 0 Å². The Morgan fingerprint density at radius 2 is 1.97 bits per heavy atom. The Labute approximate surface area is 199 Å². The molecule has 11 nitrogen and oxygen atoms in total. The van der Waals surface area contributed by atoms with E-state index in [0.29, 0.717) is 6.42 Å². The summed E-state index contributed by atoms with van der Waals surface area (Å²) in [6.07, 6.45) is 0.929. The fourth-order valence-electron chi connectivity index (χ4n) is 2.72. The topological polar surface area (TPSA) is 139 Å². The van der Waals surface area contributed by atoms with Gasteiger partial charge in [-0.15, -0.1) is 0 Å². The van der Waals surface area contributed by atoms with E-state index in [1.54, 1.807) is 46.9 Å². The monoisotopic (exact) mass is 500 g/mol. The predicted molar refractivity (Wildman–Crippen MR) is 120 cm³/mol. The number of phosphoric ester groups is 1. The maximum atomic E-state index is 12.8. The van der Waals surface area contributed by atoms with Crippen molar-refractivity contribution in [3.05, 3.63) is 30.1 Å². The van der Waals surface area contributed by atoms with Crippen molar-refractivity contribution in [2.75, 3.05) is 26.6 Å². The third-order valence-electron chi connectivity index (χ3n) is 4.77. The molecular formula is C22H33N2O9P. The van der Waals surface area contributed by atoms with E-state index in [9.17, 15) is 18.9 Å². The number of carbonyl (C=O) groups excluding carboxylic acids is 3. The molecule has 12 heteroatoms. The molecule has 1 aliphatic rings. The highest BCUT2D eigenvalue weighted by atomic mass is 31.2. The fourth-order valence-corrected chi connectivity index (χ4v) is 4.23. The van der Waals surface area contributed by atoms with E-state index < -0.39 is 49.4 Å². The molecule has 34 heavy (non-hydrogen) atoms. The van der Waals surface area contributed by atoms with E-state index in [1.807, 2.05) is 12.1 Å². The summed E-state index contributed by atoms with van der Waals surface area (Å²) in [5.41, 5.74) is -0.787. The quantitative estimate of drug-likeness (QED) is 0.290. The van der Waals surface area contributed by atoms with Gasteiger partial charge in [0, 0.05) is 30.3 Å².